The Hall–Kier alpha value is -1.71. The minimum absolute atomic E-state index is 0.00873. The largest absolute Gasteiger partial charge is 0.334 e. The van der Waals surface area contributed by atoms with Gasteiger partial charge in [0.2, 0.25) is 0 Å². The highest BCUT2D eigenvalue weighted by Gasteiger charge is 2.39. The van der Waals surface area contributed by atoms with Crippen molar-refractivity contribution in [3.8, 4) is 0 Å². The molecule has 2 aliphatic heterocycles. The Morgan fingerprint density at radius 3 is 2.69 bits per heavy atom. The lowest BCUT2D eigenvalue weighted by Crippen LogP contribution is -2.30. The van der Waals surface area contributed by atoms with Crippen LogP contribution in [-0.4, -0.2) is 29.1 Å². The van der Waals surface area contributed by atoms with Crippen LogP contribution >= 0.6 is 46.1 Å². The van der Waals surface area contributed by atoms with Crippen LogP contribution in [0.3, 0.4) is 0 Å². The fourth-order valence-electron chi connectivity index (χ4n) is 3.27. The Morgan fingerprint density at radius 2 is 1.97 bits per heavy atom. The quantitative estimate of drug-likeness (QED) is 0.269. The number of para-hydroxylation sites is 1. The van der Waals surface area contributed by atoms with Crippen molar-refractivity contribution >= 4 is 68.6 Å². The van der Waals surface area contributed by atoms with E-state index in [1.165, 1.54) is 20.2 Å². The second-order valence-corrected chi connectivity index (χ2v) is 9.83. The van der Waals surface area contributed by atoms with Crippen LogP contribution in [-0.2, 0) is 4.79 Å². The van der Waals surface area contributed by atoms with Crippen molar-refractivity contribution in [2.24, 2.45) is 4.99 Å². The first-order chi connectivity index (χ1) is 14.0. The molecule has 1 amide bonds. The molecule has 2 aliphatic rings. The summed E-state index contributed by atoms with van der Waals surface area (Å²) in [6.07, 6.45) is 1.75. The number of carbonyl (C=O) groups excluding carboxylic acids is 1. The minimum atomic E-state index is -0.00873. The average molecular weight is 533 g/mol. The van der Waals surface area contributed by atoms with Gasteiger partial charge in [0.1, 0.15) is 9.93 Å². The summed E-state index contributed by atoms with van der Waals surface area (Å²) in [5.74, 6) is -0.00873. The van der Waals surface area contributed by atoms with Gasteiger partial charge in [0.15, 0.2) is 5.17 Å². The van der Waals surface area contributed by atoms with Gasteiger partial charge in [-0.1, -0.05) is 30.0 Å². The van der Waals surface area contributed by atoms with Crippen LogP contribution in [0.5, 0.6) is 0 Å². The summed E-state index contributed by atoms with van der Waals surface area (Å²) >= 11 is 5.41. The zero-order chi connectivity index (χ0) is 20.5. The molecule has 0 atom stereocenters. The number of amides is 1. The summed E-state index contributed by atoms with van der Waals surface area (Å²) < 4.78 is 1.17. The lowest BCUT2D eigenvalue weighted by molar-refractivity contribution is -0.121. The molecule has 0 aromatic heterocycles. The molecule has 1 saturated heterocycles. The summed E-state index contributed by atoms with van der Waals surface area (Å²) in [5, 5.41) is 1.69. The lowest BCUT2D eigenvalue weighted by atomic mass is 10.2. The smallest absolute Gasteiger partial charge is 0.269 e. The minimum Gasteiger partial charge on any atom is -0.334 e. The molecule has 4 nitrogen and oxygen atoms in total. The Balaban J connectivity index is 1.77. The summed E-state index contributed by atoms with van der Waals surface area (Å²) in [6.45, 7) is 9.22. The number of rotatable bonds is 4. The first kappa shape index (κ1) is 20.6. The second kappa shape index (κ2) is 8.57. The van der Waals surface area contributed by atoms with Crippen LogP contribution in [0.15, 0.2) is 74.9 Å². The topological polar surface area (TPSA) is 35.9 Å². The highest BCUT2D eigenvalue weighted by molar-refractivity contribution is 14.1. The number of aryl methyl sites for hydroxylation is 1. The van der Waals surface area contributed by atoms with Crippen molar-refractivity contribution in [1.82, 2.24) is 4.90 Å². The zero-order valence-electron chi connectivity index (χ0n) is 16.2. The van der Waals surface area contributed by atoms with Gasteiger partial charge in [-0.05, 0) is 84.1 Å². The monoisotopic (exact) mass is 533 g/mol. The van der Waals surface area contributed by atoms with Gasteiger partial charge in [-0.25, -0.2) is 4.99 Å². The summed E-state index contributed by atoms with van der Waals surface area (Å²) in [7, 11) is 0. The third-order valence-electron chi connectivity index (χ3n) is 4.67. The van der Waals surface area contributed by atoms with Gasteiger partial charge in [0.25, 0.3) is 5.91 Å². The number of amidine groups is 1. The summed E-state index contributed by atoms with van der Waals surface area (Å²) in [6, 6.07) is 14.4. The van der Waals surface area contributed by atoms with Crippen LogP contribution in [0, 0.1) is 10.5 Å². The van der Waals surface area contributed by atoms with Crippen LogP contribution < -0.4 is 4.90 Å². The first-order valence-electron chi connectivity index (χ1n) is 9.27. The molecule has 2 heterocycles. The van der Waals surface area contributed by atoms with Gasteiger partial charge in [-0.3, -0.25) is 9.69 Å². The Bertz CT molecular complexity index is 1060. The first-order valence-corrected chi connectivity index (χ1v) is 12.0. The molecule has 0 aliphatic carbocycles. The standard InChI is InChI=1S/C22H20IN3OS2/c1-4-12-26-20(27)19(21-25(5-2)17-8-6-7-9-18(17)28-21)29-22(26)24-16-11-10-15(23)13-14(16)3/h4,6-11,13H,1,5,12H2,2-3H3. The molecule has 0 spiro atoms. The molecule has 148 valence electrons. The molecular weight excluding hydrogens is 513 g/mol. The van der Waals surface area contributed by atoms with Gasteiger partial charge in [0.05, 0.1) is 11.4 Å². The van der Waals surface area contributed by atoms with Crippen molar-refractivity contribution in [3.63, 3.8) is 0 Å². The van der Waals surface area contributed by atoms with Crippen LogP contribution in [0.2, 0.25) is 0 Å². The molecule has 2 aromatic carbocycles. The molecule has 0 bridgehead atoms. The van der Waals surface area contributed by atoms with Gasteiger partial charge >= 0.3 is 0 Å². The zero-order valence-corrected chi connectivity index (χ0v) is 20.0. The molecule has 0 radical (unpaired) electrons. The van der Waals surface area contributed by atoms with Crippen molar-refractivity contribution in [2.75, 3.05) is 18.0 Å². The van der Waals surface area contributed by atoms with Crippen LogP contribution in [0.25, 0.3) is 0 Å². The Labute approximate surface area is 193 Å². The van der Waals surface area contributed by atoms with E-state index < -0.39 is 0 Å². The van der Waals surface area contributed by atoms with E-state index in [0.717, 1.165) is 33.4 Å². The van der Waals surface area contributed by atoms with E-state index in [9.17, 15) is 4.79 Å². The fourth-order valence-corrected chi connectivity index (χ4v) is 6.31. The van der Waals surface area contributed by atoms with Crippen molar-refractivity contribution in [2.45, 2.75) is 18.7 Å². The van der Waals surface area contributed by atoms with Gasteiger partial charge in [-0.2, -0.15) is 0 Å². The van der Waals surface area contributed by atoms with E-state index in [1.807, 2.05) is 31.2 Å². The number of benzene rings is 2. The van der Waals surface area contributed by atoms with E-state index >= 15 is 0 Å². The van der Waals surface area contributed by atoms with Gasteiger partial charge in [-0.15, -0.1) is 6.58 Å². The summed E-state index contributed by atoms with van der Waals surface area (Å²) in [5.41, 5.74) is 3.13. The van der Waals surface area contributed by atoms with Gasteiger partial charge in [0, 0.05) is 21.6 Å². The van der Waals surface area contributed by atoms with E-state index in [-0.39, 0.29) is 5.91 Å². The maximum Gasteiger partial charge on any atom is 0.269 e. The highest BCUT2D eigenvalue weighted by Crippen LogP contribution is 2.50. The number of halogens is 1. The molecule has 7 heteroatoms. The van der Waals surface area contributed by atoms with Crippen molar-refractivity contribution < 1.29 is 4.79 Å². The molecule has 2 aromatic rings. The van der Waals surface area contributed by atoms with Crippen LogP contribution in [0.1, 0.15) is 12.5 Å². The number of nitrogens with zero attached hydrogens (tertiary/aromatic N) is 3. The molecule has 0 N–H and O–H groups in total. The predicted octanol–water partition coefficient (Wildman–Crippen LogP) is 6.15. The van der Waals surface area contributed by atoms with E-state index in [0.29, 0.717) is 11.7 Å². The maximum atomic E-state index is 13.3. The Kier molecular flexibility index (Phi) is 6.08. The molecular formula is C22H20IN3OS2. The van der Waals surface area contributed by atoms with E-state index in [4.69, 9.17) is 4.99 Å². The number of anilines is 1. The molecule has 0 saturated carbocycles. The molecule has 1 fully saturated rings. The third kappa shape index (κ3) is 3.87. The van der Waals surface area contributed by atoms with E-state index in [2.05, 4.69) is 59.2 Å². The van der Waals surface area contributed by atoms with Crippen LogP contribution in [0.4, 0.5) is 11.4 Å². The maximum absolute atomic E-state index is 13.3. The lowest BCUT2D eigenvalue weighted by Gasteiger charge is -2.19. The number of fused-ring (bicyclic) bond motifs is 1. The number of hydrogen-bond donors (Lipinski definition) is 0. The number of hydrogen-bond acceptors (Lipinski definition) is 5. The third-order valence-corrected chi connectivity index (χ3v) is 7.72. The number of carbonyl (C=O) groups is 1. The van der Waals surface area contributed by atoms with Gasteiger partial charge < -0.3 is 4.90 Å². The van der Waals surface area contributed by atoms with Crippen molar-refractivity contribution in [3.05, 3.63) is 74.2 Å². The summed E-state index contributed by atoms with van der Waals surface area (Å²) in [4.78, 5) is 24.0. The molecule has 4 rings (SSSR count). The average Bonchev–Trinajstić information content (AvgIpc) is 3.22. The Morgan fingerprint density at radius 1 is 1.17 bits per heavy atom. The fraction of sp³-hybridized carbons (Fsp3) is 0.182. The predicted molar refractivity (Wildman–Crippen MR) is 133 cm³/mol. The number of aliphatic imine (C=N–C) groups is 1. The second-order valence-electron chi connectivity index (χ2n) is 6.58. The normalized spacial score (nSPS) is 20.0. The van der Waals surface area contributed by atoms with Crippen molar-refractivity contribution in [1.29, 1.82) is 0 Å². The SMILES string of the molecule is C=CCN1C(=O)C(=C2Sc3ccccc3N2CC)SC1=Nc1ccc(I)cc1C. The number of thioether (sulfide) groups is 2. The molecule has 0 unspecified atom stereocenters. The van der Waals surface area contributed by atoms with E-state index in [1.54, 1.807) is 22.7 Å². The highest BCUT2D eigenvalue weighted by atomic mass is 127. The molecule has 29 heavy (non-hydrogen) atoms.